The van der Waals surface area contributed by atoms with Crippen LogP contribution in [0.4, 0.5) is 0 Å². The zero-order valence-electron chi connectivity index (χ0n) is 48.6. The quantitative estimate of drug-likeness (QED) is 0.0652. The molecule has 80 heavy (non-hydrogen) atoms. The zero-order valence-corrected chi connectivity index (χ0v) is 48.6. The van der Waals surface area contributed by atoms with E-state index in [1.807, 2.05) is 84.0 Å². The van der Waals surface area contributed by atoms with Gasteiger partial charge in [-0.1, -0.05) is 120 Å². The number of nitrogens with one attached hydrogen (secondary N) is 7. The molecule has 16 heteroatoms. The summed E-state index contributed by atoms with van der Waals surface area (Å²) in [6, 6.07) is 24.5. The maximum atomic E-state index is 14.9. The number of carbonyl (C=O) groups excluding carboxylic acids is 7. The monoisotopic (exact) mass is 1090 g/mol. The Morgan fingerprint density at radius 3 is 1.57 bits per heavy atom. The van der Waals surface area contributed by atoms with Gasteiger partial charge < -0.3 is 47.0 Å². The maximum absolute atomic E-state index is 14.9. The summed E-state index contributed by atoms with van der Waals surface area (Å²) in [7, 11) is 3.38. The Morgan fingerprint density at radius 1 is 0.562 bits per heavy atom. The third-order valence-electron chi connectivity index (χ3n) is 17.0. The molecule has 2 aliphatic carbocycles. The Bertz CT molecular complexity index is 2930. The molecule has 8 rings (SSSR count). The molecule has 428 valence electrons. The first-order valence-electron chi connectivity index (χ1n) is 28.9. The summed E-state index contributed by atoms with van der Waals surface area (Å²) in [6.45, 7) is 15.2. The lowest BCUT2D eigenvalue weighted by molar-refractivity contribution is -0.147. The smallest absolute Gasteiger partial charge is 0.251 e. The number of aryl methyl sites for hydroxylation is 4. The number of amides is 7. The minimum absolute atomic E-state index is 0.0890. The first kappa shape index (κ1) is 59.2. The van der Waals surface area contributed by atoms with Crippen LogP contribution >= 0.6 is 0 Å². The van der Waals surface area contributed by atoms with E-state index in [1.54, 1.807) is 45.0 Å². The number of hydrogen-bond acceptors (Lipinski definition) is 9. The van der Waals surface area contributed by atoms with Gasteiger partial charge in [0.05, 0.1) is 24.2 Å². The van der Waals surface area contributed by atoms with Gasteiger partial charge in [0.15, 0.2) is 0 Å². The van der Waals surface area contributed by atoms with Crippen LogP contribution in [0.2, 0.25) is 0 Å². The van der Waals surface area contributed by atoms with Crippen molar-refractivity contribution in [3.05, 3.63) is 141 Å². The van der Waals surface area contributed by atoms with E-state index in [1.165, 1.54) is 16.0 Å². The molecule has 4 aromatic carbocycles. The molecular formula is C64H85N9O7. The number of likely N-dealkylation sites (N-methyl/N-ethyl adjacent to an activating group) is 2. The van der Waals surface area contributed by atoms with E-state index in [9.17, 15) is 33.6 Å². The lowest BCUT2D eigenvalue weighted by Crippen LogP contribution is -2.62. The van der Waals surface area contributed by atoms with Crippen LogP contribution in [0.25, 0.3) is 0 Å². The van der Waals surface area contributed by atoms with Crippen LogP contribution in [0.3, 0.4) is 0 Å². The fourth-order valence-electron chi connectivity index (χ4n) is 11.8. The van der Waals surface area contributed by atoms with Crippen LogP contribution in [0.5, 0.6) is 0 Å². The second-order valence-corrected chi connectivity index (χ2v) is 24.8. The molecule has 0 radical (unpaired) electrons. The van der Waals surface area contributed by atoms with E-state index in [-0.39, 0.29) is 72.9 Å². The summed E-state index contributed by atoms with van der Waals surface area (Å²) >= 11 is 0. The predicted octanol–water partition coefficient (Wildman–Crippen LogP) is 6.09. The topological polar surface area (TPSA) is 210 Å². The SMILES string of the molecule is CN[C@@H](C)C(=O)NC(C(=O)N1Cc2cc(CCc3ccc(C(=O)N[C@H]4C[C@@H](C(=O)N[C@@H]5CCCc6ccccc65)N(C(=O)[C@@H](NC(=O)[C@H](C)NC)C(C)(C)C)C4)cc3)ccc2C[C@H]1C(=O)N[C@@H]1CCCc2ccccc21)C(C)(C)C. The predicted molar refractivity (Wildman–Crippen MR) is 310 cm³/mol. The van der Waals surface area contributed by atoms with Crippen LogP contribution in [0.1, 0.15) is 154 Å². The van der Waals surface area contributed by atoms with Gasteiger partial charge in [-0.05, 0) is 153 Å². The molecule has 0 saturated carbocycles. The van der Waals surface area contributed by atoms with Gasteiger partial charge in [-0.25, -0.2) is 0 Å². The molecule has 7 N–H and O–H groups in total. The Hall–Kier alpha value is -6.91. The van der Waals surface area contributed by atoms with Gasteiger partial charge in [0.25, 0.3) is 5.91 Å². The summed E-state index contributed by atoms with van der Waals surface area (Å²) in [5.74, 6) is -2.15. The van der Waals surface area contributed by atoms with E-state index in [2.05, 4.69) is 73.6 Å². The number of likely N-dealkylation sites (tertiary alicyclic amines) is 1. The lowest BCUT2D eigenvalue weighted by atomic mass is 9.83. The minimum Gasteiger partial charge on any atom is -0.347 e. The number of carbonyl (C=O) groups is 7. The van der Waals surface area contributed by atoms with Crippen LogP contribution in [0, 0.1) is 10.8 Å². The van der Waals surface area contributed by atoms with E-state index in [0.29, 0.717) is 24.8 Å². The standard InChI is InChI=1S/C64H85N9O7/c1-38(65-9)56(74)70-54(63(3,4)5)61(79)72-36-46-33-41(29-32-45(46)34-52(72)59(77)68-50-23-15-19-42-17-11-13-21-48(42)50)26-25-40-27-30-44(31-28-40)58(76)67-47-35-53(60(78)69-51-24-16-20-43-18-12-14-22-49(43)51)73(37-47)62(80)55(64(6,7)8)71-57(75)39(2)66-10/h11-14,17-18,21-22,27-33,38-39,47,50-55,65-66H,15-16,19-20,23-26,34-37H2,1-10H3,(H,67,76)(H,68,77)(H,69,78)(H,70,74)(H,71,75)/t38-,39-,47-,50+,51+,52-,53-,54?,55+/m0/s1. The highest BCUT2D eigenvalue weighted by Gasteiger charge is 2.47. The van der Waals surface area contributed by atoms with Gasteiger partial charge in [0.1, 0.15) is 24.2 Å². The average Bonchev–Trinajstić information content (AvgIpc) is 3.88. The van der Waals surface area contributed by atoms with E-state index >= 15 is 0 Å². The molecule has 2 aliphatic heterocycles. The number of hydrogen-bond donors (Lipinski definition) is 7. The molecule has 0 spiro atoms. The molecule has 1 fully saturated rings. The average molecular weight is 1090 g/mol. The second-order valence-electron chi connectivity index (χ2n) is 24.8. The molecule has 0 bridgehead atoms. The van der Waals surface area contributed by atoms with Gasteiger partial charge in [-0.3, -0.25) is 33.6 Å². The van der Waals surface area contributed by atoms with Crippen LogP contribution in [-0.2, 0) is 67.4 Å². The summed E-state index contributed by atoms with van der Waals surface area (Å²) in [4.78, 5) is 102. The number of benzene rings is 4. The molecular weight excluding hydrogens is 1010 g/mol. The Morgan fingerprint density at radius 2 is 1.05 bits per heavy atom. The van der Waals surface area contributed by atoms with Crippen molar-refractivity contribution >= 4 is 41.4 Å². The summed E-state index contributed by atoms with van der Waals surface area (Å²) in [5, 5.41) is 21.6. The van der Waals surface area contributed by atoms with Crippen LogP contribution in [0.15, 0.2) is 91.0 Å². The van der Waals surface area contributed by atoms with Crippen molar-refractivity contribution in [3.8, 4) is 0 Å². The Kier molecular flexibility index (Phi) is 18.7. The summed E-state index contributed by atoms with van der Waals surface area (Å²) in [5.41, 5.74) is 7.71. The van der Waals surface area contributed by atoms with Gasteiger partial charge in [-0.15, -0.1) is 0 Å². The second kappa shape index (κ2) is 25.3. The number of rotatable bonds is 17. The highest BCUT2D eigenvalue weighted by atomic mass is 16.2. The van der Waals surface area contributed by atoms with Gasteiger partial charge in [0.2, 0.25) is 35.4 Å². The molecule has 0 aromatic heterocycles. The largest absolute Gasteiger partial charge is 0.347 e. The molecule has 4 aliphatic rings. The van der Waals surface area contributed by atoms with Crippen molar-refractivity contribution in [2.45, 2.75) is 181 Å². The first-order chi connectivity index (χ1) is 38.0. The van der Waals surface area contributed by atoms with Crippen molar-refractivity contribution in [2.75, 3.05) is 20.6 Å². The van der Waals surface area contributed by atoms with E-state index in [4.69, 9.17) is 0 Å². The van der Waals surface area contributed by atoms with Gasteiger partial charge in [0, 0.05) is 31.1 Å². The summed E-state index contributed by atoms with van der Waals surface area (Å²) < 4.78 is 0. The zero-order chi connectivity index (χ0) is 57.6. The first-order valence-corrected chi connectivity index (χ1v) is 28.9. The fraction of sp³-hybridized carbons (Fsp3) is 0.516. The van der Waals surface area contributed by atoms with Gasteiger partial charge >= 0.3 is 0 Å². The minimum atomic E-state index is -0.936. The maximum Gasteiger partial charge on any atom is 0.251 e. The molecule has 16 nitrogen and oxygen atoms in total. The Labute approximate surface area is 473 Å². The van der Waals surface area contributed by atoms with Crippen molar-refractivity contribution < 1.29 is 33.6 Å². The molecule has 1 unspecified atom stereocenters. The number of fused-ring (bicyclic) bond motifs is 3. The lowest BCUT2D eigenvalue weighted by Gasteiger charge is -2.42. The highest BCUT2D eigenvalue weighted by Crippen LogP contribution is 2.35. The van der Waals surface area contributed by atoms with Crippen LogP contribution < -0.4 is 37.2 Å². The van der Waals surface area contributed by atoms with Crippen molar-refractivity contribution in [1.82, 2.24) is 47.0 Å². The van der Waals surface area contributed by atoms with E-state index in [0.717, 1.165) is 71.9 Å². The van der Waals surface area contributed by atoms with Gasteiger partial charge in [-0.2, -0.15) is 0 Å². The molecule has 1 saturated heterocycles. The van der Waals surface area contributed by atoms with E-state index < -0.39 is 53.1 Å². The third-order valence-corrected chi connectivity index (χ3v) is 17.0. The molecule has 4 aromatic rings. The normalized spacial score (nSPS) is 21.3. The number of nitrogens with zero attached hydrogens (tertiary/aromatic N) is 2. The van der Waals surface area contributed by atoms with Crippen molar-refractivity contribution in [3.63, 3.8) is 0 Å². The van der Waals surface area contributed by atoms with Crippen molar-refractivity contribution in [2.24, 2.45) is 10.8 Å². The van der Waals surface area contributed by atoms with Crippen molar-refractivity contribution in [1.29, 1.82) is 0 Å². The third kappa shape index (κ3) is 13.8. The highest BCUT2D eigenvalue weighted by molar-refractivity contribution is 5.97. The summed E-state index contributed by atoms with van der Waals surface area (Å²) in [6.07, 6.45) is 7.21. The Balaban J connectivity index is 0.955. The molecule has 9 atom stereocenters. The molecule has 7 amide bonds. The van der Waals surface area contributed by atoms with Crippen LogP contribution in [-0.4, -0.2) is 114 Å². The molecule has 2 heterocycles. The fourth-order valence-corrected chi connectivity index (χ4v) is 11.8.